The zero-order valence-electron chi connectivity index (χ0n) is 14.3. The summed E-state index contributed by atoms with van der Waals surface area (Å²) < 4.78 is 6.13. The van der Waals surface area contributed by atoms with Crippen LogP contribution < -0.4 is 15.4 Å². The van der Waals surface area contributed by atoms with Crippen LogP contribution in [0.3, 0.4) is 0 Å². The molecule has 0 fully saturated rings. The summed E-state index contributed by atoms with van der Waals surface area (Å²) in [6, 6.07) is 12.2. The highest BCUT2D eigenvalue weighted by atomic mass is 32.1. The van der Waals surface area contributed by atoms with E-state index in [9.17, 15) is 9.59 Å². The molecule has 1 aromatic heterocycles. The second-order valence-electron chi connectivity index (χ2n) is 5.62. The minimum atomic E-state index is -0.270. The smallest absolute Gasteiger partial charge is 0.257 e. The standard InChI is InChI=1S/C19H17N3O3S/c1-11(2)17(23)20-13-6-4-12(5-7-13)18(24)22-19-21-15-10-14(25-3)8-9-16(15)26-19/h4-10H,1H2,2-3H3,(H,20,23)(H,21,22,24). The molecule has 0 spiro atoms. The van der Waals surface area contributed by atoms with E-state index in [1.807, 2.05) is 18.2 Å². The Balaban J connectivity index is 1.71. The Morgan fingerprint density at radius 3 is 2.50 bits per heavy atom. The molecular formula is C19H17N3O3S. The van der Waals surface area contributed by atoms with Crippen LogP contribution in [0.1, 0.15) is 17.3 Å². The summed E-state index contributed by atoms with van der Waals surface area (Å²) in [6.07, 6.45) is 0. The summed E-state index contributed by atoms with van der Waals surface area (Å²) >= 11 is 1.39. The number of thiazole rings is 1. The number of nitrogens with zero attached hydrogens (tertiary/aromatic N) is 1. The van der Waals surface area contributed by atoms with Gasteiger partial charge in [-0.1, -0.05) is 17.9 Å². The van der Waals surface area contributed by atoms with E-state index in [2.05, 4.69) is 22.2 Å². The van der Waals surface area contributed by atoms with E-state index in [-0.39, 0.29) is 11.8 Å². The number of aromatic nitrogens is 1. The molecule has 26 heavy (non-hydrogen) atoms. The molecule has 3 aromatic rings. The Morgan fingerprint density at radius 1 is 1.12 bits per heavy atom. The van der Waals surface area contributed by atoms with Crippen molar-refractivity contribution in [3.8, 4) is 5.75 Å². The van der Waals surface area contributed by atoms with Gasteiger partial charge in [0.2, 0.25) is 0 Å². The van der Waals surface area contributed by atoms with Gasteiger partial charge in [-0.3, -0.25) is 14.9 Å². The molecular weight excluding hydrogens is 350 g/mol. The first-order chi connectivity index (χ1) is 12.5. The van der Waals surface area contributed by atoms with E-state index >= 15 is 0 Å². The minimum absolute atomic E-state index is 0.257. The van der Waals surface area contributed by atoms with Gasteiger partial charge in [-0.15, -0.1) is 0 Å². The number of benzene rings is 2. The number of anilines is 2. The average Bonchev–Trinajstić information content (AvgIpc) is 3.03. The quantitative estimate of drug-likeness (QED) is 0.666. The summed E-state index contributed by atoms with van der Waals surface area (Å²) in [4.78, 5) is 28.4. The number of amides is 2. The van der Waals surface area contributed by atoms with Gasteiger partial charge in [0.1, 0.15) is 5.75 Å². The fourth-order valence-corrected chi connectivity index (χ4v) is 3.04. The number of hydrogen-bond donors (Lipinski definition) is 2. The van der Waals surface area contributed by atoms with Crippen molar-refractivity contribution in [2.24, 2.45) is 0 Å². The Morgan fingerprint density at radius 2 is 1.85 bits per heavy atom. The molecule has 1 heterocycles. The summed E-state index contributed by atoms with van der Waals surface area (Å²) in [5.41, 5.74) is 2.25. The maximum Gasteiger partial charge on any atom is 0.257 e. The van der Waals surface area contributed by atoms with Gasteiger partial charge in [0.25, 0.3) is 11.8 Å². The van der Waals surface area contributed by atoms with Crippen LogP contribution in [-0.2, 0) is 4.79 Å². The molecule has 7 heteroatoms. The van der Waals surface area contributed by atoms with Crippen molar-refractivity contribution in [3.63, 3.8) is 0 Å². The van der Waals surface area contributed by atoms with E-state index in [4.69, 9.17) is 4.74 Å². The highest BCUT2D eigenvalue weighted by Gasteiger charge is 2.11. The van der Waals surface area contributed by atoms with Gasteiger partial charge < -0.3 is 10.1 Å². The maximum absolute atomic E-state index is 12.4. The molecule has 0 aliphatic rings. The van der Waals surface area contributed by atoms with Crippen molar-refractivity contribution in [2.45, 2.75) is 6.92 Å². The van der Waals surface area contributed by atoms with Gasteiger partial charge in [-0.25, -0.2) is 4.98 Å². The molecule has 3 rings (SSSR count). The van der Waals surface area contributed by atoms with Gasteiger partial charge in [0.05, 0.1) is 17.3 Å². The topological polar surface area (TPSA) is 80.3 Å². The number of carbonyl (C=O) groups is 2. The number of ether oxygens (including phenoxy) is 1. The molecule has 0 atom stereocenters. The van der Waals surface area contributed by atoms with Gasteiger partial charge in [0.15, 0.2) is 5.13 Å². The Bertz CT molecular complexity index is 993. The first-order valence-corrected chi connectivity index (χ1v) is 8.61. The molecule has 6 nitrogen and oxygen atoms in total. The van der Waals surface area contributed by atoms with Crippen LogP contribution in [0.15, 0.2) is 54.6 Å². The first-order valence-electron chi connectivity index (χ1n) is 7.79. The number of methoxy groups -OCH3 is 1. The molecule has 0 aliphatic carbocycles. The number of hydrogen-bond acceptors (Lipinski definition) is 5. The largest absolute Gasteiger partial charge is 0.497 e. The lowest BCUT2D eigenvalue weighted by Gasteiger charge is -2.06. The summed E-state index contributed by atoms with van der Waals surface area (Å²) in [7, 11) is 1.60. The van der Waals surface area contributed by atoms with Gasteiger partial charge in [-0.05, 0) is 43.3 Å². The summed E-state index contributed by atoms with van der Waals surface area (Å²) in [6.45, 7) is 5.21. The molecule has 2 N–H and O–H groups in total. The highest BCUT2D eigenvalue weighted by molar-refractivity contribution is 7.22. The number of fused-ring (bicyclic) bond motifs is 1. The molecule has 2 aromatic carbocycles. The van der Waals surface area contributed by atoms with Crippen LogP contribution in [-0.4, -0.2) is 23.9 Å². The van der Waals surface area contributed by atoms with Crippen LogP contribution in [0, 0.1) is 0 Å². The van der Waals surface area contributed by atoms with Crippen LogP contribution in [0.25, 0.3) is 10.2 Å². The summed E-state index contributed by atoms with van der Waals surface area (Å²) in [5, 5.41) is 6.00. The predicted molar refractivity (Wildman–Crippen MR) is 104 cm³/mol. The van der Waals surface area contributed by atoms with Crippen LogP contribution in [0.4, 0.5) is 10.8 Å². The normalized spacial score (nSPS) is 10.4. The van der Waals surface area contributed by atoms with Crippen molar-refractivity contribution in [1.82, 2.24) is 4.98 Å². The Hall–Kier alpha value is -3.19. The molecule has 0 saturated carbocycles. The lowest BCUT2D eigenvalue weighted by atomic mass is 10.2. The molecule has 132 valence electrons. The third-order valence-corrected chi connectivity index (χ3v) is 4.56. The third kappa shape index (κ3) is 3.89. The van der Waals surface area contributed by atoms with Gasteiger partial charge in [-0.2, -0.15) is 0 Å². The lowest BCUT2D eigenvalue weighted by molar-refractivity contribution is -0.112. The van der Waals surface area contributed by atoms with E-state index in [1.54, 1.807) is 38.3 Å². The van der Waals surface area contributed by atoms with Crippen LogP contribution >= 0.6 is 11.3 Å². The highest BCUT2D eigenvalue weighted by Crippen LogP contribution is 2.29. The molecule has 0 bridgehead atoms. The molecule has 0 aliphatic heterocycles. The molecule has 0 unspecified atom stereocenters. The monoisotopic (exact) mass is 367 g/mol. The third-order valence-electron chi connectivity index (χ3n) is 3.61. The second-order valence-corrected chi connectivity index (χ2v) is 6.65. The average molecular weight is 367 g/mol. The SMILES string of the molecule is C=C(C)C(=O)Nc1ccc(C(=O)Nc2nc3cc(OC)ccc3s2)cc1. The molecule has 2 amide bonds. The predicted octanol–water partition coefficient (Wildman–Crippen LogP) is 4.07. The Kier molecular flexibility index (Phi) is 4.99. The van der Waals surface area contributed by atoms with Crippen LogP contribution in [0.2, 0.25) is 0 Å². The fraction of sp³-hybridized carbons (Fsp3) is 0.105. The second kappa shape index (κ2) is 7.37. The van der Waals surface area contributed by atoms with Crippen molar-refractivity contribution >= 4 is 44.2 Å². The van der Waals surface area contributed by atoms with Crippen molar-refractivity contribution in [1.29, 1.82) is 0 Å². The summed E-state index contributed by atoms with van der Waals surface area (Å²) in [5.74, 6) is 0.189. The maximum atomic E-state index is 12.4. The number of carbonyl (C=O) groups excluding carboxylic acids is 2. The van der Waals surface area contributed by atoms with E-state index in [0.717, 1.165) is 10.2 Å². The molecule has 0 radical (unpaired) electrons. The fourth-order valence-electron chi connectivity index (χ4n) is 2.20. The zero-order chi connectivity index (χ0) is 18.7. The van der Waals surface area contributed by atoms with Crippen molar-refractivity contribution in [3.05, 3.63) is 60.2 Å². The zero-order valence-corrected chi connectivity index (χ0v) is 15.1. The Labute approximate surface area is 154 Å². The minimum Gasteiger partial charge on any atom is -0.497 e. The van der Waals surface area contributed by atoms with E-state index < -0.39 is 0 Å². The first kappa shape index (κ1) is 17.6. The van der Waals surface area contributed by atoms with Crippen molar-refractivity contribution < 1.29 is 14.3 Å². The van der Waals surface area contributed by atoms with Crippen LogP contribution in [0.5, 0.6) is 5.75 Å². The van der Waals surface area contributed by atoms with Gasteiger partial charge >= 0.3 is 0 Å². The van der Waals surface area contributed by atoms with Crippen molar-refractivity contribution in [2.75, 3.05) is 17.7 Å². The van der Waals surface area contributed by atoms with Gasteiger partial charge in [0, 0.05) is 22.9 Å². The lowest BCUT2D eigenvalue weighted by Crippen LogP contribution is -2.13. The molecule has 0 saturated heterocycles. The van der Waals surface area contributed by atoms with E-state index in [0.29, 0.717) is 27.7 Å². The number of nitrogens with one attached hydrogen (secondary N) is 2. The van der Waals surface area contributed by atoms with E-state index in [1.165, 1.54) is 11.3 Å². The number of rotatable bonds is 5.